The molecule has 0 radical (unpaired) electrons. The molecule has 2 saturated heterocycles. The van der Waals surface area contributed by atoms with E-state index in [2.05, 4.69) is 0 Å². The average Bonchev–Trinajstić information content (AvgIpc) is 2.53. The van der Waals surface area contributed by atoms with Crippen LogP contribution < -0.4 is 0 Å². The Morgan fingerprint density at radius 3 is 2.80 bits per heavy atom. The predicted octanol–water partition coefficient (Wildman–Crippen LogP) is 0.370. The number of hydrogen-bond donors (Lipinski definition) is 1. The number of ether oxygens (including phenoxy) is 2. The van der Waals surface area contributed by atoms with Gasteiger partial charge in [-0.2, -0.15) is 0 Å². The summed E-state index contributed by atoms with van der Waals surface area (Å²) in [7, 11) is 0. The molecular formula is C10H17NO4. The van der Waals surface area contributed by atoms with Crippen molar-refractivity contribution in [3.8, 4) is 0 Å². The van der Waals surface area contributed by atoms with Gasteiger partial charge in [0.25, 0.3) is 0 Å². The average molecular weight is 215 g/mol. The molecule has 1 N–H and O–H groups in total. The van der Waals surface area contributed by atoms with Crippen LogP contribution >= 0.6 is 0 Å². The second kappa shape index (κ2) is 4.37. The van der Waals surface area contributed by atoms with Gasteiger partial charge in [0.1, 0.15) is 5.60 Å². The van der Waals surface area contributed by atoms with Gasteiger partial charge in [-0.3, -0.25) is 0 Å². The number of rotatable bonds is 3. The second-order valence-corrected chi connectivity index (χ2v) is 4.16. The summed E-state index contributed by atoms with van der Waals surface area (Å²) in [5, 5.41) is 8.72. The topological polar surface area (TPSA) is 59.0 Å². The highest BCUT2D eigenvalue weighted by molar-refractivity contribution is 5.70. The molecule has 1 amide bonds. The molecule has 0 aromatic carbocycles. The lowest BCUT2D eigenvalue weighted by Gasteiger charge is -2.30. The van der Waals surface area contributed by atoms with Gasteiger partial charge in [-0.05, 0) is 6.42 Å². The fourth-order valence-electron chi connectivity index (χ4n) is 2.13. The van der Waals surface area contributed by atoms with Gasteiger partial charge in [0.15, 0.2) is 0 Å². The molecule has 0 atom stereocenters. The summed E-state index contributed by atoms with van der Waals surface area (Å²) in [6.45, 7) is 2.68. The van der Waals surface area contributed by atoms with Gasteiger partial charge in [-0.1, -0.05) is 0 Å². The lowest BCUT2D eigenvalue weighted by atomic mass is 9.94. The van der Waals surface area contributed by atoms with Crippen LogP contribution in [0.1, 0.15) is 19.3 Å². The third-order valence-electron chi connectivity index (χ3n) is 3.03. The van der Waals surface area contributed by atoms with Crippen molar-refractivity contribution in [3.63, 3.8) is 0 Å². The molecule has 0 aromatic heterocycles. The van der Waals surface area contributed by atoms with Gasteiger partial charge >= 0.3 is 6.09 Å². The Morgan fingerprint density at radius 1 is 1.40 bits per heavy atom. The molecule has 86 valence electrons. The minimum atomic E-state index is -0.315. The van der Waals surface area contributed by atoms with E-state index >= 15 is 0 Å². The van der Waals surface area contributed by atoms with Crippen LogP contribution in [-0.4, -0.2) is 54.6 Å². The van der Waals surface area contributed by atoms with E-state index in [0.717, 1.165) is 12.8 Å². The summed E-state index contributed by atoms with van der Waals surface area (Å²) in [5.41, 5.74) is -0.315. The van der Waals surface area contributed by atoms with E-state index in [0.29, 0.717) is 32.7 Å². The highest BCUT2D eigenvalue weighted by Gasteiger charge is 2.45. The van der Waals surface area contributed by atoms with Crippen LogP contribution in [0.4, 0.5) is 4.79 Å². The van der Waals surface area contributed by atoms with Crippen LogP contribution in [0.5, 0.6) is 0 Å². The van der Waals surface area contributed by atoms with E-state index in [1.165, 1.54) is 0 Å². The largest absolute Gasteiger partial charge is 0.441 e. The number of amides is 1. The summed E-state index contributed by atoms with van der Waals surface area (Å²) in [4.78, 5) is 13.2. The molecule has 0 saturated carbocycles. The maximum Gasteiger partial charge on any atom is 0.410 e. The van der Waals surface area contributed by atoms with E-state index in [-0.39, 0.29) is 18.3 Å². The van der Waals surface area contributed by atoms with E-state index in [1.807, 2.05) is 0 Å². The summed E-state index contributed by atoms with van der Waals surface area (Å²) in [6.07, 6.45) is 1.94. The predicted molar refractivity (Wildman–Crippen MR) is 52.5 cm³/mol. The Balaban J connectivity index is 1.92. The minimum absolute atomic E-state index is 0.111. The third-order valence-corrected chi connectivity index (χ3v) is 3.03. The Morgan fingerprint density at radius 2 is 2.13 bits per heavy atom. The van der Waals surface area contributed by atoms with Crippen LogP contribution in [0.15, 0.2) is 0 Å². The Kier molecular flexibility index (Phi) is 3.11. The van der Waals surface area contributed by atoms with E-state index in [1.54, 1.807) is 4.90 Å². The summed E-state index contributed by atoms with van der Waals surface area (Å²) < 4.78 is 10.7. The molecule has 0 aliphatic carbocycles. The monoisotopic (exact) mass is 215 g/mol. The van der Waals surface area contributed by atoms with E-state index < -0.39 is 0 Å². The van der Waals surface area contributed by atoms with Crippen molar-refractivity contribution in [1.29, 1.82) is 0 Å². The molecule has 2 aliphatic heterocycles. The fraction of sp³-hybridized carbons (Fsp3) is 0.900. The Hall–Kier alpha value is -0.810. The van der Waals surface area contributed by atoms with Crippen molar-refractivity contribution in [2.75, 3.05) is 32.9 Å². The van der Waals surface area contributed by atoms with Gasteiger partial charge in [0, 0.05) is 26.0 Å². The summed E-state index contributed by atoms with van der Waals surface area (Å²) >= 11 is 0. The maximum absolute atomic E-state index is 11.5. The highest BCUT2D eigenvalue weighted by Crippen LogP contribution is 2.32. The molecule has 1 spiro atoms. The highest BCUT2D eigenvalue weighted by atomic mass is 16.6. The van der Waals surface area contributed by atoms with E-state index in [4.69, 9.17) is 14.6 Å². The zero-order valence-electron chi connectivity index (χ0n) is 8.78. The zero-order valence-corrected chi connectivity index (χ0v) is 8.78. The Labute approximate surface area is 89.0 Å². The number of carbonyl (C=O) groups is 1. The van der Waals surface area contributed by atoms with Crippen molar-refractivity contribution in [1.82, 2.24) is 4.90 Å². The first-order chi connectivity index (χ1) is 7.26. The van der Waals surface area contributed by atoms with Gasteiger partial charge in [-0.15, -0.1) is 0 Å². The molecule has 2 rings (SSSR count). The lowest BCUT2D eigenvalue weighted by molar-refractivity contribution is -0.0437. The van der Waals surface area contributed by atoms with Gasteiger partial charge in [0.2, 0.25) is 0 Å². The van der Waals surface area contributed by atoms with Crippen LogP contribution in [0.25, 0.3) is 0 Å². The van der Waals surface area contributed by atoms with Crippen LogP contribution in [0, 0.1) is 0 Å². The molecule has 0 unspecified atom stereocenters. The first kappa shape index (κ1) is 10.7. The minimum Gasteiger partial charge on any atom is -0.441 e. The molecule has 5 heteroatoms. The number of aliphatic hydroxyl groups excluding tert-OH is 1. The fourth-order valence-corrected chi connectivity index (χ4v) is 2.13. The van der Waals surface area contributed by atoms with Crippen LogP contribution in [-0.2, 0) is 9.47 Å². The SMILES string of the molecule is O=C1OC2(CCOCC2)CN1CCCO. The molecular weight excluding hydrogens is 198 g/mol. The second-order valence-electron chi connectivity index (χ2n) is 4.16. The third kappa shape index (κ3) is 2.23. The van der Waals surface area contributed by atoms with Crippen LogP contribution in [0.3, 0.4) is 0 Å². The first-order valence-electron chi connectivity index (χ1n) is 5.42. The van der Waals surface area contributed by atoms with Crippen molar-refractivity contribution >= 4 is 6.09 Å². The molecule has 0 bridgehead atoms. The molecule has 15 heavy (non-hydrogen) atoms. The van der Waals surface area contributed by atoms with Gasteiger partial charge in [-0.25, -0.2) is 4.79 Å². The quantitative estimate of drug-likeness (QED) is 0.739. The van der Waals surface area contributed by atoms with Crippen LogP contribution in [0.2, 0.25) is 0 Å². The van der Waals surface area contributed by atoms with Crippen molar-refractivity contribution in [2.45, 2.75) is 24.9 Å². The number of nitrogens with zero attached hydrogens (tertiary/aromatic N) is 1. The van der Waals surface area contributed by atoms with Gasteiger partial charge < -0.3 is 19.5 Å². The first-order valence-corrected chi connectivity index (χ1v) is 5.42. The van der Waals surface area contributed by atoms with Gasteiger partial charge in [0.05, 0.1) is 19.8 Å². The number of aliphatic hydroxyl groups is 1. The maximum atomic E-state index is 11.5. The standard InChI is InChI=1S/C10H17NO4/c12-5-1-4-11-8-10(15-9(11)13)2-6-14-7-3-10/h12H,1-8H2. The summed E-state index contributed by atoms with van der Waals surface area (Å²) in [5.74, 6) is 0. The van der Waals surface area contributed by atoms with Crippen molar-refractivity contribution in [2.24, 2.45) is 0 Å². The molecule has 5 nitrogen and oxygen atoms in total. The lowest BCUT2D eigenvalue weighted by Crippen LogP contribution is -2.40. The molecule has 2 heterocycles. The molecule has 2 fully saturated rings. The van der Waals surface area contributed by atoms with Crippen molar-refractivity contribution < 1.29 is 19.4 Å². The smallest absolute Gasteiger partial charge is 0.410 e. The van der Waals surface area contributed by atoms with Crippen molar-refractivity contribution in [3.05, 3.63) is 0 Å². The van der Waals surface area contributed by atoms with E-state index in [9.17, 15) is 4.79 Å². The molecule has 2 aliphatic rings. The molecule has 0 aromatic rings. The number of carbonyl (C=O) groups excluding carboxylic acids is 1. The number of hydrogen-bond acceptors (Lipinski definition) is 4. The Bertz CT molecular complexity index is 238. The normalized spacial score (nSPS) is 24.6. The zero-order chi connectivity index (χ0) is 10.7. The summed E-state index contributed by atoms with van der Waals surface area (Å²) in [6, 6.07) is 0.